The van der Waals surface area contributed by atoms with E-state index in [0.29, 0.717) is 12.0 Å². The van der Waals surface area contributed by atoms with Crippen molar-refractivity contribution in [2.75, 3.05) is 10.2 Å². The number of ether oxygens (including phenoxy) is 1. The number of hydrogen-bond donors (Lipinski definition) is 1. The minimum atomic E-state index is -0.382. The second-order valence-corrected chi connectivity index (χ2v) is 10.1. The molecule has 6 rings (SSSR count). The number of nitrogens with one attached hydrogen (secondary N) is 1. The van der Waals surface area contributed by atoms with Gasteiger partial charge in [-0.1, -0.05) is 127 Å². The summed E-state index contributed by atoms with van der Waals surface area (Å²) >= 11 is 0. The molecule has 0 aromatic heterocycles. The summed E-state index contributed by atoms with van der Waals surface area (Å²) in [6.07, 6.45) is 0.604. The van der Waals surface area contributed by atoms with E-state index in [1.165, 1.54) is 5.56 Å². The maximum atomic E-state index is 14.2. The summed E-state index contributed by atoms with van der Waals surface area (Å²) in [5, 5.41) is 3.63. The molecule has 0 radical (unpaired) electrons. The molecule has 0 spiro atoms. The highest BCUT2D eigenvalue weighted by atomic mass is 16.5. The first-order chi connectivity index (χ1) is 20.3. The van der Waals surface area contributed by atoms with Crippen molar-refractivity contribution in [2.45, 2.75) is 25.1 Å². The maximum absolute atomic E-state index is 14.2. The van der Waals surface area contributed by atoms with Crippen molar-refractivity contribution in [1.82, 2.24) is 0 Å². The van der Waals surface area contributed by atoms with Crippen LogP contribution in [0.3, 0.4) is 0 Å². The van der Waals surface area contributed by atoms with Gasteiger partial charge in [0.1, 0.15) is 6.61 Å². The molecule has 0 aliphatic carbocycles. The predicted molar refractivity (Wildman–Crippen MR) is 165 cm³/mol. The lowest BCUT2D eigenvalue weighted by Gasteiger charge is -2.46. The van der Waals surface area contributed by atoms with Gasteiger partial charge in [-0.15, -0.1) is 0 Å². The Labute approximate surface area is 241 Å². The summed E-state index contributed by atoms with van der Waals surface area (Å²) in [5.74, 6) is -0.325. The molecule has 41 heavy (non-hydrogen) atoms. The van der Waals surface area contributed by atoms with E-state index in [1.54, 1.807) is 0 Å². The number of carbonyl (C=O) groups excluding carboxylic acids is 1. The SMILES string of the molecule is O=C(OCc1ccccc1)C1=C(Nc2ccccc2)CC(c2ccccc2)N(c2ccccc2)C1c1ccccc1. The molecule has 0 fully saturated rings. The largest absolute Gasteiger partial charge is 0.457 e. The van der Waals surface area contributed by atoms with Crippen LogP contribution in [0.5, 0.6) is 0 Å². The Kier molecular flexibility index (Phi) is 7.90. The fourth-order valence-corrected chi connectivity index (χ4v) is 5.58. The second kappa shape index (κ2) is 12.4. The molecule has 1 aliphatic heterocycles. The van der Waals surface area contributed by atoms with Gasteiger partial charge in [0.25, 0.3) is 0 Å². The molecule has 0 bridgehead atoms. The van der Waals surface area contributed by atoms with Gasteiger partial charge >= 0.3 is 5.97 Å². The molecule has 0 saturated carbocycles. The number of nitrogens with zero attached hydrogens (tertiary/aromatic N) is 1. The second-order valence-electron chi connectivity index (χ2n) is 10.1. The third kappa shape index (κ3) is 5.92. The van der Waals surface area contributed by atoms with Gasteiger partial charge in [0.15, 0.2) is 0 Å². The third-order valence-electron chi connectivity index (χ3n) is 7.47. The van der Waals surface area contributed by atoms with Gasteiger partial charge in [0, 0.05) is 23.5 Å². The highest BCUT2D eigenvalue weighted by molar-refractivity contribution is 5.93. The Balaban J connectivity index is 1.53. The fraction of sp³-hybridized carbons (Fsp3) is 0.108. The average Bonchev–Trinajstić information content (AvgIpc) is 3.05. The topological polar surface area (TPSA) is 41.6 Å². The molecule has 0 saturated heterocycles. The molecule has 1 aliphatic rings. The molecule has 2 unspecified atom stereocenters. The van der Waals surface area contributed by atoms with Crippen molar-refractivity contribution < 1.29 is 9.53 Å². The van der Waals surface area contributed by atoms with Crippen LogP contribution < -0.4 is 10.2 Å². The van der Waals surface area contributed by atoms with E-state index >= 15 is 0 Å². The molecular formula is C37H32N2O2. The van der Waals surface area contributed by atoms with E-state index in [0.717, 1.165) is 28.2 Å². The van der Waals surface area contributed by atoms with Crippen molar-refractivity contribution in [3.63, 3.8) is 0 Å². The number of carbonyl (C=O) groups is 1. The van der Waals surface area contributed by atoms with Gasteiger partial charge in [0.2, 0.25) is 0 Å². The van der Waals surface area contributed by atoms with E-state index in [-0.39, 0.29) is 24.7 Å². The van der Waals surface area contributed by atoms with Crippen LogP contribution in [-0.2, 0) is 16.1 Å². The first-order valence-electron chi connectivity index (χ1n) is 14.0. The van der Waals surface area contributed by atoms with Crippen LogP contribution in [0.25, 0.3) is 0 Å². The van der Waals surface area contributed by atoms with Crippen LogP contribution in [0.2, 0.25) is 0 Å². The van der Waals surface area contributed by atoms with Crippen molar-refractivity contribution in [1.29, 1.82) is 0 Å². The molecule has 202 valence electrons. The Morgan fingerprint density at radius 3 is 1.78 bits per heavy atom. The van der Waals surface area contributed by atoms with E-state index in [4.69, 9.17) is 4.74 Å². The van der Waals surface area contributed by atoms with Crippen LogP contribution in [0.4, 0.5) is 11.4 Å². The summed E-state index contributed by atoms with van der Waals surface area (Å²) in [5.41, 5.74) is 6.62. The Hall–Kier alpha value is -5.09. The van der Waals surface area contributed by atoms with Gasteiger partial charge in [-0.25, -0.2) is 4.79 Å². The van der Waals surface area contributed by atoms with Gasteiger partial charge in [-0.05, 0) is 41.0 Å². The number of benzene rings is 5. The molecule has 5 aromatic carbocycles. The lowest BCUT2D eigenvalue weighted by molar-refractivity contribution is -0.140. The standard InChI is InChI=1S/C37H32N2O2/c40-37(41-27-28-16-6-1-7-17-28)35-33(38-31-22-12-4-13-23-31)26-34(29-18-8-2-9-19-29)39(32-24-14-5-15-25-32)36(35)30-20-10-3-11-21-30/h1-25,34,36,38H,26-27H2. The van der Waals surface area contributed by atoms with Crippen molar-refractivity contribution in [3.05, 3.63) is 180 Å². The van der Waals surface area contributed by atoms with E-state index in [1.807, 2.05) is 103 Å². The summed E-state index contributed by atoms with van der Waals surface area (Å²) in [6.45, 7) is 0.205. The maximum Gasteiger partial charge on any atom is 0.338 e. The molecule has 4 nitrogen and oxygen atoms in total. The Bertz CT molecular complexity index is 1590. The minimum Gasteiger partial charge on any atom is -0.457 e. The van der Waals surface area contributed by atoms with E-state index < -0.39 is 0 Å². The average molecular weight is 537 g/mol. The normalized spacial score (nSPS) is 16.7. The Morgan fingerprint density at radius 1 is 0.659 bits per heavy atom. The molecule has 5 aromatic rings. The zero-order valence-corrected chi connectivity index (χ0v) is 22.8. The number of hydrogen-bond acceptors (Lipinski definition) is 4. The molecule has 1 N–H and O–H groups in total. The summed E-state index contributed by atoms with van der Waals surface area (Å²) in [4.78, 5) is 16.6. The predicted octanol–water partition coefficient (Wildman–Crippen LogP) is 8.49. The van der Waals surface area contributed by atoms with Gasteiger partial charge < -0.3 is 15.0 Å². The van der Waals surface area contributed by atoms with Gasteiger partial charge in [-0.2, -0.15) is 0 Å². The van der Waals surface area contributed by atoms with Crippen molar-refractivity contribution in [3.8, 4) is 0 Å². The van der Waals surface area contributed by atoms with Crippen molar-refractivity contribution >= 4 is 17.3 Å². The summed E-state index contributed by atoms with van der Waals surface area (Å²) in [7, 11) is 0. The quantitative estimate of drug-likeness (QED) is 0.202. The monoisotopic (exact) mass is 536 g/mol. The molecule has 2 atom stereocenters. The van der Waals surface area contributed by atoms with Crippen molar-refractivity contribution in [2.24, 2.45) is 0 Å². The first kappa shape index (κ1) is 26.1. The zero-order chi connectivity index (χ0) is 27.9. The Morgan fingerprint density at radius 2 is 1.17 bits per heavy atom. The summed E-state index contributed by atoms with van der Waals surface area (Å²) < 4.78 is 6.05. The lowest BCUT2D eigenvalue weighted by atomic mass is 9.84. The van der Waals surface area contributed by atoms with Crippen LogP contribution >= 0.6 is 0 Å². The van der Waals surface area contributed by atoms with Crippen LogP contribution in [0, 0.1) is 0 Å². The van der Waals surface area contributed by atoms with E-state index in [9.17, 15) is 4.79 Å². The zero-order valence-electron chi connectivity index (χ0n) is 22.8. The smallest absolute Gasteiger partial charge is 0.338 e. The molecular weight excluding hydrogens is 504 g/mol. The number of esters is 1. The first-order valence-corrected chi connectivity index (χ1v) is 14.0. The van der Waals surface area contributed by atoms with Crippen LogP contribution in [0.15, 0.2) is 163 Å². The van der Waals surface area contributed by atoms with Gasteiger partial charge in [-0.3, -0.25) is 0 Å². The molecule has 4 heteroatoms. The number of anilines is 2. The third-order valence-corrected chi connectivity index (χ3v) is 7.47. The minimum absolute atomic E-state index is 0.0271. The molecule has 1 heterocycles. The van der Waals surface area contributed by atoms with E-state index in [2.05, 4.69) is 58.7 Å². The lowest BCUT2D eigenvalue weighted by Crippen LogP contribution is -2.41. The molecule has 0 amide bonds. The fourth-order valence-electron chi connectivity index (χ4n) is 5.58. The number of para-hydroxylation sites is 2. The highest BCUT2D eigenvalue weighted by Crippen LogP contribution is 2.48. The highest BCUT2D eigenvalue weighted by Gasteiger charge is 2.41. The van der Waals surface area contributed by atoms with Crippen LogP contribution in [-0.4, -0.2) is 5.97 Å². The van der Waals surface area contributed by atoms with Gasteiger partial charge in [0.05, 0.1) is 17.7 Å². The number of rotatable bonds is 8. The summed E-state index contributed by atoms with van der Waals surface area (Å²) in [6, 6.07) is 50.6. The van der Waals surface area contributed by atoms with Crippen LogP contribution in [0.1, 0.15) is 35.2 Å².